The molecule has 1 rings (SSSR count). The van der Waals surface area contributed by atoms with Gasteiger partial charge in [-0.05, 0) is 31.9 Å². The van der Waals surface area contributed by atoms with E-state index in [9.17, 15) is 13.5 Å². The summed E-state index contributed by atoms with van der Waals surface area (Å²) in [5.74, 6) is 0. The first-order chi connectivity index (χ1) is 14.5. The van der Waals surface area contributed by atoms with Crippen molar-refractivity contribution in [2.75, 3.05) is 0 Å². The van der Waals surface area contributed by atoms with Gasteiger partial charge < -0.3 is 5.11 Å². The van der Waals surface area contributed by atoms with E-state index in [2.05, 4.69) is 6.92 Å². The molecule has 0 saturated heterocycles. The van der Waals surface area contributed by atoms with Crippen molar-refractivity contribution in [2.24, 2.45) is 0 Å². The van der Waals surface area contributed by atoms with Gasteiger partial charge in [0.25, 0.3) is 10.1 Å². The van der Waals surface area contributed by atoms with E-state index in [1.807, 2.05) is 6.92 Å². The molecule has 0 saturated carbocycles. The minimum absolute atomic E-state index is 0.0867. The molecule has 0 amide bonds. The predicted molar refractivity (Wildman–Crippen MR) is 125 cm³/mol. The fourth-order valence-electron chi connectivity index (χ4n) is 3.65. The molecule has 1 unspecified atom stereocenters. The van der Waals surface area contributed by atoms with Crippen molar-refractivity contribution in [1.82, 2.24) is 0 Å². The second-order valence-corrected chi connectivity index (χ2v) is 10.1. The van der Waals surface area contributed by atoms with E-state index >= 15 is 0 Å². The topological polar surface area (TPSA) is 63.6 Å². The lowest BCUT2D eigenvalue weighted by atomic mass is 10.0. The van der Waals surface area contributed by atoms with E-state index in [0.717, 1.165) is 24.8 Å². The third-order valence-corrected chi connectivity index (χ3v) is 6.93. The highest BCUT2D eigenvalue weighted by atomic mass is 32.2. The van der Waals surface area contributed by atoms with Crippen LogP contribution in [0, 0.1) is 6.92 Å². The van der Waals surface area contributed by atoms with Crippen molar-refractivity contribution in [3.8, 4) is 0 Å². The molecule has 0 aliphatic heterocycles. The van der Waals surface area contributed by atoms with Gasteiger partial charge in [-0.15, -0.1) is 0 Å². The van der Waals surface area contributed by atoms with Gasteiger partial charge in [-0.1, -0.05) is 115 Å². The van der Waals surface area contributed by atoms with Crippen LogP contribution in [0.3, 0.4) is 0 Å². The summed E-state index contributed by atoms with van der Waals surface area (Å²) in [5.41, 5.74) is 0.979. The predicted octanol–water partition coefficient (Wildman–Crippen LogP) is 7.28. The maximum absolute atomic E-state index is 12.1. The zero-order valence-electron chi connectivity index (χ0n) is 19.3. The Kier molecular flexibility index (Phi) is 15.1. The lowest BCUT2D eigenvalue weighted by Gasteiger charge is -2.12. The minimum atomic E-state index is -3.90. The normalized spacial score (nSPS) is 12.9. The Bertz CT molecular complexity index is 625. The van der Waals surface area contributed by atoms with Crippen LogP contribution in [0.5, 0.6) is 0 Å². The molecule has 0 bridgehead atoms. The summed E-state index contributed by atoms with van der Waals surface area (Å²) in [6.45, 7) is 4.15. The first kappa shape index (κ1) is 27.1. The van der Waals surface area contributed by atoms with Crippen molar-refractivity contribution in [3.05, 3.63) is 29.8 Å². The quantitative estimate of drug-likeness (QED) is 0.139. The zero-order chi connectivity index (χ0) is 22.1. The van der Waals surface area contributed by atoms with E-state index in [0.29, 0.717) is 6.42 Å². The molecule has 0 aliphatic carbocycles. The summed E-state index contributed by atoms with van der Waals surface area (Å²) < 4.78 is 29.2. The molecule has 1 aromatic rings. The van der Waals surface area contributed by atoms with Gasteiger partial charge in [0.2, 0.25) is 0 Å². The number of rotatable bonds is 19. The molecule has 174 valence electrons. The van der Waals surface area contributed by atoms with E-state index in [1.54, 1.807) is 12.1 Å². The van der Waals surface area contributed by atoms with Gasteiger partial charge >= 0.3 is 0 Å². The van der Waals surface area contributed by atoms with Gasteiger partial charge in [0.1, 0.15) is 0 Å². The molecule has 0 aliphatic rings. The smallest absolute Gasteiger partial charge is 0.299 e. The van der Waals surface area contributed by atoms with Crippen molar-refractivity contribution in [2.45, 2.75) is 128 Å². The molecule has 4 nitrogen and oxygen atoms in total. The Hall–Kier alpha value is -0.910. The third kappa shape index (κ3) is 13.4. The molecule has 30 heavy (non-hydrogen) atoms. The number of hydrogen-bond donors (Lipinski definition) is 1. The maximum atomic E-state index is 12.1. The van der Waals surface area contributed by atoms with Crippen molar-refractivity contribution < 1.29 is 17.7 Å². The van der Waals surface area contributed by atoms with Crippen molar-refractivity contribution in [3.63, 3.8) is 0 Å². The number of aliphatic hydroxyl groups excluding tert-OH is 1. The van der Waals surface area contributed by atoms with Crippen LogP contribution in [-0.2, 0) is 14.3 Å². The molecule has 0 aromatic heterocycles. The Morgan fingerprint density at radius 2 is 1.13 bits per heavy atom. The number of aryl methyl sites for hydroxylation is 1. The summed E-state index contributed by atoms with van der Waals surface area (Å²) in [4.78, 5) is 0.0867. The van der Waals surface area contributed by atoms with Crippen LogP contribution < -0.4 is 0 Å². The average Bonchev–Trinajstić information content (AvgIpc) is 2.71. The molecule has 0 heterocycles. The highest BCUT2D eigenvalue weighted by molar-refractivity contribution is 7.86. The third-order valence-electron chi connectivity index (χ3n) is 5.60. The second kappa shape index (κ2) is 16.7. The van der Waals surface area contributed by atoms with E-state index in [1.165, 1.54) is 89.2 Å². The van der Waals surface area contributed by atoms with Crippen LogP contribution in [0.4, 0.5) is 0 Å². The van der Waals surface area contributed by atoms with Gasteiger partial charge in [-0.25, -0.2) is 4.18 Å². The molecule has 1 atom stereocenters. The fraction of sp³-hybridized carbons (Fsp3) is 0.760. The lowest BCUT2D eigenvalue weighted by Crippen LogP contribution is -2.18. The van der Waals surface area contributed by atoms with Gasteiger partial charge in [0.15, 0.2) is 6.29 Å². The summed E-state index contributed by atoms with van der Waals surface area (Å²) >= 11 is 0. The highest BCUT2D eigenvalue weighted by Gasteiger charge is 2.19. The second-order valence-electron chi connectivity index (χ2n) is 8.56. The summed E-state index contributed by atoms with van der Waals surface area (Å²) in [5, 5.41) is 9.90. The molecular weight excluding hydrogens is 396 g/mol. The van der Waals surface area contributed by atoms with Crippen LogP contribution in [0.1, 0.15) is 115 Å². The van der Waals surface area contributed by atoms with E-state index in [-0.39, 0.29) is 4.90 Å². The monoisotopic (exact) mass is 440 g/mol. The number of hydrogen-bond acceptors (Lipinski definition) is 4. The molecule has 0 fully saturated rings. The summed E-state index contributed by atoms with van der Waals surface area (Å²) in [6.07, 6.45) is 18.2. The first-order valence-electron chi connectivity index (χ1n) is 12.1. The molecule has 1 N–H and O–H groups in total. The van der Waals surface area contributed by atoms with Crippen LogP contribution in [0.2, 0.25) is 0 Å². The first-order valence-corrected chi connectivity index (χ1v) is 13.5. The van der Waals surface area contributed by atoms with Gasteiger partial charge in [-0.3, -0.25) is 0 Å². The van der Waals surface area contributed by atoms with Gasteiger partial charge in [0.05, 0.1) is 4.90 Å². The average molecular weight is 441 g/mol. The number of unbranched alkanes of at least 4 members (excludes halogenated alkanes) is 14. The van der Waals surface area contributed by atoms with Crippen molar-refractivity contribution >= 4 is 10.1 Å². The standard InChI is InChI=1S/C25H44O4S/c1-3-4-5-6-7-8-9-10-11-12-13-14-15-16-17-18-25(26)29-30(27,28)24-21-19-23(2)20-22-24/h19-22,25-26H,3-18H2,1-2H3. The van der Waals surface area contributed by atoms with Crippen LogP contribution in [0.25, 0.3) is 0 Å². The van der Waals surface area contributed by atoms with Crippen LogP contribution in [0.15, 0.2) is 29.2 Å². The number of aliphatic hydroxyl groups is 1. The largest absolute Gasteiger partial charge is 0.367 e. The Morgan fingerprint density at radius 1 is 0.733 bits per heavy atom. The molecule has 5 heteroatoms. The van der Waals surface area contributed by atoms with Crippen molar-refractivity contribution in [1.29, 1.82) is 0 Å². The minimum Gasteiger partial charge on any atom is -0.367 e. The summed E-state index contributed by atoms with van der Waals surface area (Å²) in [7, 11) is -3.90. The van der Waals surface area contributed by atoms with E-state index in [4.69, 9.17) is 4.18 Å². The number of benzene rings is 1. The fourth-order valence-corrected chi connectivity index (χ4v) is 4.61. The maximum Gasteiger partial charge on any atom is 0.299 e. The van der Waals surface area contributed by atoms with E-state index < -0.39 is 16.4 Å². The van der Waals surface area contributed by atoms with Crippen LogP contribution in [-0.4, -0.2) is 19.8 Å². The Balaban J connectivity index is 1.94. The summed E-state index contributed by atoms with van der Waals surface area (Å²) in [6, 6.07) is 6.45. The molecule has 0 spiro atoms. The Labute approximate surface area is 185 Å². The van der Waals surface area contributed by atoms with Gasteiger partial charge in [0, 0.05) is 0 Å². The highest BCUT2D eigenvalue weighted by Crippen LogP contribution is 2.18. The Morgan fingerprint density at radius 3 is 1.57 bits per heavy atom. The SMILES string of the molecule is CCCCCCCCCCCCCCCCCC(O)OS(=O)(=O)c1ccc(C)cc1. The molecule has 0 radical (unpaired) electrons. The van der Waals surface area contributed by atoms with Gasteiger partial charge in [-0.2, -0.15) is 8.42 Å². The molecular formula is C25H44O4S. The zero-order valence-corrected chi connectivity index (χ0v) is 20.1. The molecule has 1 aromatic carbocycles. The van der Waals surface area contributed by atoms with Crippen LogP contribution >= 0.6 is 0 Å². The lowest BCUT2D eigenvalue weighted by molar-refractivity contribution is -0.0193.